The number of Topliss-reactive ketones (excluding diaryl/α,β-unsaturated/α-hetero) is 1. The summed E-state index contributed by atoms with van der Waals surface area (Å²) in [6.45, 7) is 2.90. The molecule has 2 atom stereocenters. The van der Waals surface area contributed by atoms with Gasteiger partial charge in [0.25, 0.3) is 0 Å². The molecule has 7 nitrogen and oxygen atoms in total. The van der Waals surface area contributed by atoms with Crippen molar-refractivity contribution in [2.75, 3.05) is 0 Å². The van der Waals surface area contributed by atoms with E-state index in [9.17, 15) is 26.4 Å². The second kappa shape index (κ2) is 7.53. The topological polar surface area (TPSA) is 109 Å². The van der Waals surface area contributed by atoms with Crippen LogP contribution in [0.4, 0.5) is 18.9 Å². The van der Waals surface area contributed by atoms with Crippen LogP contribution >= 0.6 is 0 Å². The van der Waals surface area contributed by atoms with E-state index in [-0.39, 0.29) is 17.0 Å². The fourth-order valence-corrected chi connectivity index (χ4v) is 3.81. The largest absolute Gasteiger partial charge is 0.534 e. The number of halogens is 3. The van der Waals surface area contributed by atoms with Crippen LogP contribution in [0.25, 0.3) is 0 Å². The molecule has 0 saturated carbocycles. The number of nitrogens with zero attached hydrogens (tertiary/aromatic N) is 3. The molecule has 1 aromatic heterocycles. The van der Waals surface area contributed by atoms with Crippen LogP contribution in [0.5, 0.6) is 5.88 Å². The highest BCUT2D eigenvalue weighted by Crippen LogP contribution is 2.47. The lowest BCUT2D eigenvalue weighted by Crippen LogP contribution is -2.32. The van der Waals surface area contributed by atoms with Crippen LogP contribution in [0, 0.1) is 17.2 Å². The Morgan fingerprint density at radius 3 is 2.37 bits per heavy atom. The average Bonchev–Trinajstić information content (AvgIpc) is 2.65. The lowest BCUT2D eigenvalue weighted by atomic mass is 9.74. The van der Waals surface area contributed by atoms with Gasteiger partial charge in [-0.15, -0.1) is 0 Å². The highest BCUT2D eigenvalue weighted by atomic mass is 32.2. The lowest BCUT2D eigenvalue weighted by molar-refractivity contribution is -0.119. The van der Waals surface area contributed by atoms with Crippen molar-refractivity contribution in [3.63, 3.8) is 0 Å². The normalized spacial score (nSPS) is 18.7. The molecule has 3 rings (SSSR count). The SMILES string of the molecule is CC(=O)C1C(C)=Nc2ccnc(OS(=O)(=O)C(F)(F)F)c2C1c1ccc(C#N)cc1. The van der Waals surface area contributed by atoms with Gasteiger partial charge in [-0.25, -0.2) is 4.98 Å². The monoisotopic (exact) mass is 437 g/mol. The third-order valence-electron chi connectivity index (χ3n) is 4.63. The molecule has 30 heavy (non-hydrogen) atoms. The zero-order valence-corrected chi connectivity index (χ0v) is 16.5. The second-order valence-corrected chi connectivity index (χ2v) is 8.12. The zero-order valence-electron chi connectivity index (χ0n) is 15.6. The van der Waals surface area contributed by atoms with Crippen LogP contribution in [0.1, 0.15) is 36.5 Å². The molecule has 2 unspecified atom stereocenters. The van der Waals surface area contributed by atoms with Crippen LogP contribution < -0.4 is 4.18 Å². The summed E-state index contributed by atoms with van der Waals surface area (Å²) in [5, 5.41) is 9.00. The fraction of sp³-hybridized carbons (Fsp3) is 0.263. The Bertz CT molecular complexity index is 1180. The number of ketones is 1. The number of carbonyl (C=O) groups is 1. The highest BCUT2D eigenvalue weighted by molar-refractivity contribution is 7.87. The number of hydrogen-bond acceptors (Lipinski definition) is 7. The Morgan fingerprint density at radius 1 is 1.20 bits per heavy atom. The van der Waals surface area contributed by atoms with Crippen molar-refractivity contribution in [2.24, 2.45) is 10.9 Å². The van der Waals surface area contributed by atoms with E-state index < -0.39 is 33.3 Å². The van der Waals surface area contributed by atoms with E-state index in [4.69, 9.17) is 5.26 Å². The van der Waals surface area contributed by atoms with Gasteiger partial charge in [0.1, 0.15) is 5.78 Å². The third kappa shape index (κ3) is 3.78. The third-order valence-corrected chi connectivity index (χ3v) is 5.58. The maximum Gasteiger partial charge on any atom is 0.534 e. The van der Waals surface area contributed by atoms with Crippen molar-refractivity contribution >= 4 is 27.3 Å². The number of nitriles is 1. The van der Waals surface area contributed by atoms with E-state index >= 15 is 0 Å². The zero-order chi connectivity index (χ0) is 22.3. The van der Waals surface area contributed by atoms with Crippen molar-refractivity contribution in [1.29, 1.82) is 5.26 Å². The minimum absolute atomic E-state index is 0.0548. The number of aliphatic imine (C=N–C) groups is 1. The summed E-state index contributed by atoms with van der Waals surface area (Å²) in [5.41, 5.74) is -4.37. The Morgan fingerprint density at radius 2 is 1.83 bits per heavy atom. The van der Waals surface area contributed by atoms with Gasteiger partial charge in [-0.05, 0) is 37.6 Å². The lowest BCUT2D eigenvalue weighted by Gasteiger charge is -2.31. The van der Waals surface area contributed by atoms with Crippen LogP contribution in [0.15, 0.2) is 41.5 Å². The molecule has 2 aromatic rings. The molecule has 0 aliphatic carbocycles. The van der Waals surface area contributed by atoms with E-state index in [0.717, 1.165) is 6.20 Å². The summed E-state index contributed by atoms with van der Waals surface area (Å²) in [6, 6.07) is 9.38. The maximum atomic E-state index is 12.9. The minimum Gasteiger partial charge on any atom is -0.355 e. The number of benzene rings is 1. The van der Waals surface area contributed by atoms with Crippen LogP contribution in [-0.4, -0.2) is 30.4 Å². The van der Waals surface area contributed by atoms with E-state index in [1.54, 1.807) is 6.92 Å². The number of hydrogen-bond donors (Lipinski definition) is 0. The standard InChI is InChI=1S/C19H14F3N3O4S/c1-10-15(11(2)26)16(13-5-3-12(9-23)4-6-13)17-14(25-10)7-8-24-18(17)29-30(27,28)19(20,21)22/h3-8,15-16H,1-2H3. The van der Waals surface area contributed by atoms with Gasteiger partial charge in [0.15, 0.2) is 0 Å². The molecule has 0 radical (unpaired) electrons. The number of fused-ring (bicyclic) bond motifs is 1. The molecule has 0 spiro atoms. The molecule has 1 aromatic carbocycles. The van der Waals surface area contributed by atoms with Crippen molar-refractivity contribution in [3.8, 4) is 11.9 Å². The van der Waals surface area contributed by atoms with Gasteiger partial charge in [-0.3, -0.25) is 9.79 Å². The summed E-state index contributed by atoms with van der Waals surface area (Å²) in [5.74, 6) is -2.92. The minimum atomic E-state index is -5.99. The van der Waals surface area contributed by atoms with Gasteiger partial charge < -0.3 is 4.18 Å². The van der Waals surface area contributed by atoms with Crippen molar-refractivity contribution in [1.82, 2.24) is 4.98 Å². The first kappa shape index (κ1) is 21.4. The van der Waals surface area contributed by atoms with Crippen LogP contribution in [-0.2, 0) is 14.9 Å². The van der Waals surface area contributed by atoms with E-state index in [1.165, 1.54) is 37.3 Å². The molecule has 0 fully saturated rings. The summed E-state index contributed by atoms with van der Waals surface area (Å²) in [4.78, 5) is 20.3. The fourth-order valence-electron chi connectivity index (χ4n) is 3.37. The molecule has 11 heteroatoms. The smallest absolute Gasteiger partial charge is 0.355 e. The van der Waals surface area contributed by atoms with Crippen LogP contribution in [0.3, 0.4) is 0 Å². The first-order chi connectivity index (χ1) is 14.0. The summed E-state index contributed by atoms with van der Waals surface area (Å²) >= 11 is 0. The predicted molar refractivity (Wildman–Crippen MR) is 99.8 cm³/mol. The summed E-state index contributed by atoms with van der Waals surface area (Å²) in [6.07, 6.45) is 1.07. The van der Waals surface area contributed by atoms with Gasteiger partial charge in [0, 0.05) is 23.4 Å². The van der Waals surface area contributed by atoms with Gasteiger partial charge >= 0.3 is 15.6 Å². The van der Waals surface area contributed by atoms with Gasteiger partial charge in [0.2, 0.25) is 5.88 Å². The van der Waals surface area contributed by atoms with Crippen molar-refractivity contribution < 1.29 is 30.6 Å². The Labute approximate surface area is 170 Å². The van der Waals surface area contributed by atoms with Crippen LogP contribution in [0.2, 0.25) is 0 Å². The maximum absolute atomic E-state index is 12.9. The predicted octanol–water partition coefficient (Wildman–Crippen LogP) is 3.62. The van der Waals surface area contributed by atoms with Crippen molar-refractivity contribution in [2.45, 2.75) is 25.3 Å². The summed E-state index contributed by atoms with van der Waals surface area (Å²) < 4.78 is 66.1. The number of rotatable bonds is 4. The molecule has 156 valence electrons. The molecule has 1 aliphatic rings. The Balaban J connectivity index is 2.25. The molecule has 2 heterocycles. The Hall–Kier alpha value is -3.26. The van der Waals surface area contributed by atoms with Gasteiger partial charge in [0.05, 0.1) is 23.2 Å². The molecule has 0 saturated heterocycles. The van der Waals surface area contributed by atoms with E-state index in [2.05, 4.69) is 14.2 Å². The Kier molecular flexibility index (Phi) is 5.38. The average molecular weight is 437 g/mol. The van der Waals surface area contributed by atoms with Gasteiger partial charge in [-0.1, -0.05) is 12.1 Å². The molecular weight excluding hydrogens is 423 g/mol. The van der Waals surface area contributed by atoms with Gasteiger partial charge in [-0.2, -0.15) is 26.9 Å². The van der Waals surface area contributed by atoms with Crippen molar-refractivity contribution in [3.05, 3.63) is 53.2 Å². The molecule has 1 aliphatic heterocycles. The van der Waals surface area contributed by atoms with E-state index in [0.29, 0.717) is 16.8 Å². The number of carbonyl (C=O) groups excluding carboxylic acids is 1. The highest BCUT2D eigenvalue weighted by Gasteiger charge is 2.50. The number of aromatic nitrogens is 1. The van der Waals surface area contributed by atoms with E-state index in [1.807, 2.05) is 6.07 Å². The first-order valence-corrected chi connectivity index (χ1v) is 9.92. The summed E-state index contributed by atoms with van der Waals surface area (Å²) in [7, 11) is -5.99. The first-order valence-electron chi connectivity index (χ1n) is 8.51. The number of alkyl halides is 3. The molecule has 0 N–H and O–H groups in total. The number of pyridine rings is 1. The molecule has 0 bridgehead atoms. The molecule has 0 amide bonds. The quantitative estimate of drug-likeness (QED) is 0.534. The molecular formula is C19H14F3N3O4S. The second-order valence-electron chi connectivity index (χ2n) is 6.59.